The number of anilines is 3. The third kappa shape index (κ3) is 5.61. The fraction of sp³-hybridized carbons (Fsp3) is 0.0536. The van der Waals surface area contributed by atoms with Gasteiger partial charge in [-0.1, -0.05) is 157 Å². The highest BCUT2D eigenvalue weighted by molar-refractivity contribution is 6.09. The summed E-state index contributed by atoms with van der Waals surface area (Å²) in [6, 6.07) is 72.5. The normalized spacial score (nSPS) is 12.7. The van der Waals surface area contributed by atoms with Gasteiger partial charge in [-0.15, -0.1) is 0 Å². The first-order chi connectivity index (χ1) is 29.1. The summed E-state index contributed by atoms with van der Waals surface area (Å²) >= 11 is 0. The topological polar surface area (TPSA) is 29.3 Å². The van der Waals surface area contributed by atoms with Crippen LogP contribution in [0.2, 0.25) is 0 Å². The first kappa shape index (κ1) is 34.7. The summed E-state index contributed by atoms with van der Waals surface area (Å²) in [6.07, 6.45) is 1.84. The number of rotatable bonds is 7. The van der Waals surface area contributed by atoms with Crippen molar-refractivity contribution in [3.63, 3.8) is 0 Å². The average Bonchev–Trinajstić information content (AvgIpc) is 3.82. The van der Waals surface area contributed by atoms with Gasteiger partial charge < -0.3 is 9.32 Å². The highest BCUT2D eigenvalue weighted by Gasteiger charge is 2.46. The molecule has 0 unspecified atom stereocenters. The van der Waals surface area contributed by atoms with Crippen LogP contribution in [0.3, 0.4) is 0 Å². The fourth-order valence-corrected chi connectivity index (χ4v) is 9.60. The van der Waals surface area contributed by atoms with Gasteiger partial charge in [0.25, 0.3) is 0 Å². The standard InChI is InChI=1S/C56H40N2O/c1-37-34-38(2)36-42(35-37)56(51-17-6-3-12-47(51)48-13-4-7-18-52(48)56)41-25-31-45(32-26-41)58(44-29-23-40(24-30-44)53-19-9-10-33-57-53)43-27-21-39(22-28-43)46-15-11-16-50-49-14-5-8-20-54(49)59-55(46)50/h3-36H,1-2H3. The van der Waals surface area contributed by atoms with Crippen LogP contribution in [0.15, 0.2) is 211 Å². The van der Waals surface area contributed by atoms with Gasteiger partial charge in [0.15, 0.2) is 0 Å². The Balaban J connectivity index is 1.05. The van der Waals surface area contributed by atoms with E-state index in [9.17, 15) is 0 Å². The van der Waals surface area contributed by atoms with Crippen LogP contribution in [-0.2, 0) is 5.41 Å². The molecule has 10 aromatic rings. The molecule has 2 aromatic heterocycles. The van der Waals surface area contributed by atoms with Crippen molar-refractivity contribution < 1.29 is 4.42 Å². The maximum Gasteiger partial charge on any atom is 0.143 e. The Kier molecular flexibility index (Phi) is 8.16. The van der Waals surface area contributed by atoms with E-state index in [1.54, 1.807) is 0 Å². The molecule has 0 saturated carbocycles. The van der Waals surface area contributed by atoms with E-state index in [1.165, 1.54) is 44.5 Å². The molecule has 0 fully saturated rings. The molecule has 0 atom stereocenters. The van der Waals surface area contributed by atoms with Crippen molar-refractivity contribution >= 4 is 39.0 Å². The Labute approximate surface area is 344 Å². The molecule has 0 amide bonds. The second kappa shape index (κ2) is 13.9. The summed E-state index contributed by atoms with van der Waals surface area (Å²) in [5.41, 5.74) is 19.0. The highest BCUT2D eigenvalue weighted by Crippen LogP contribution is 2.56. The molecule has 2 heterocycles. The number of para-hydroxylation sites is 2. The quantitative estimate of drug-likeness (QED) is 0.162. The van der Waals surface area contributed by atoms with Crippen LogP contribution in [0.5, 0.6) is 0 Å². The number of aryl methyl sites for hydroxylation is 2. The van der Waals surface area contributed by atoms with Crippen LogP contribution in [0.25, 0.3) is 55.4 Å². The summed E-state index contributed by atoms with van der Waals surface area (Å²) in [5, 5.41) is 2.26. The lowest BCUT2D eigenvalue weighted by Gasteiger charge is -2.35. The van der Waals surface area contributed by atoms with E-state index in [0.717, 1.165) is 61.4 Å². The van der Waals surface area contributed by atoms with E-state index in [1.807, 2.05) is 30.5 Å². The highest BCUT2D eigenvalue weighted by atomic mass is 16.3. The SMILES string of the molecule is Cc1cc(C)cc(C2(c3ccc(N(c4ccc(-c5ccccn5)cc4)c4ccc(-c5cccc6c5oc5ccccc56)cc4)cc3)c3ccccc3-c3ccccc32)c1. The van der Waals surface area contributed by atoms with Crippen molar-refractivity contribution in [1.82, 2.24) is 4.98 Å². The molecule has 0 N–H and O–H groups in total. The van der Waals surface area contributed by atoms with Crippen LogP contribution in [0, 0.1) is 13.8 Å². The Morgan fingerprint density at radius 2 is 0.983 bits per heavy atom. The average molecular weight is 757 g/mol. The number of aromatic nitrogens is 1. The van der Waals surface area contributed by atoms with Gasteiger partial charge in [0.1, 0.15) is 11.2 Å². The van der Waals surface area contributed by atoms with Crippen LogP contribution in [0.1, 0.15) is 33.4 Å². The predicted molar refractivity (Wildman–Crippen MR) is 244 cm³/mol. The van der Waals surface area contributed by atoms with Crippen molar-refractivity contribution in [3.05, 3.63) is 240 Å². The molecule has 3 nitrogen and oxygen atoms in total. The molecule has 11 rings (SSSR count). The van der Waals surface area contributed by atoms with Gasteiger partial charge in [0.05, 0.1) is 11.1 Å². The molecule has 3 heteroatoms. The van der Waals surface area contributed by atoms with Crippen LogP contribution < -0.4 is 4.90 Å². The fourth-order valence-electron chi connectivity index (χ4n) is 9.60. The van der Waals surface area contributed by atoms with E-state index >= 15 is 0 Å². The molecule has 0 spiro atoms. The molecule has 1 aliphatic carbocycles. The smallest absolute Gasteiger partial charge is 0.143 e. The largest absolute Gasteiger partial charge is 0.455 e. The molecule has 1 aliphatic rings. The van der Waals surface area contributed by atoms with Gasteiger partial charge in [-0.2, -0.15) is 0 Å². The van der Waals surface area contributed by atoms with E-state index in [-0.39, 0.29) is 0 Å². The maximum atomic E-state index is 6.44. The monoisotopic (exact) mass is 756 g/mol. The van der Waals surface area contributed by atoms with E-state index in [4.69, 9.17) is 4.42 Å². The van der Waals surface area contributed by atoms with Gasteiger partial charge in [0, 0.05) is 45.2 Å². The number of benzene rings is 8. The molecule has 0 aliphatic heterocycles. The van der Waals surface area contributed by atoms with Crippen molar-refractivity contribution in [2.75, 3.05) is 4.90 Å². The zero-order valence-corrected chi connectivity index (χ0v) is 32.9. The van der Waals surface area contributed by atoms with Crippen molar-refractivity contribution in [3.8, 4) is 33.5 Å². The van der Waals surface area contributed by atoms with Crippen LogP contribution in [0.4, 0.5) is 17.1 Å². The summed E-state index contributed by atoms with van der Waals surface area (Å²) in [7, 11) is 0. The summed E-state index contributed by atoms with van der Waals surface area (Å²) in [5.74, 6) is 0. The van der Waals surface area contributed by atoms with Gasteiger partial charge in [0.2, 0.25) is 0 Å². The number of furan rings is 1. The van der Waals surface area contributed by atoms with Gasteiger partial charge >= 0.3 is 0 Å². The van der Waals surface area contributed by atoms with Crippen molar-refractivity contribution in [2.24, 2.45) is 0 Å². The molecule has 8 aromatic carbocycles. The lowest BCUT2D eigenvalue weighted by Crippen LogP contribution is -2.29. The zero-order valence-electron chi connectivity index (χ0n) is 32.9. The van der Waals surface area contributed by atoms with Gasteiger partial charge in [-0.05, 0) is 107 Å². The lowest BCUT2D eigenvalue weighted by atomic mass is 9.67. The van der Waals surface area contributed by atoms with Crippen molar-refractivity contribution in [2.45, 2.75) is 19.3 Å². The number of fused-ring (bicyclic) bond motifs is 6. The van der Waals surface area contributed by atoms with Crippen LogP contribution >= 0.6 is 0 Å². The molecule has 59 heavy (non-hydrogen) atoms. The first-order valence-electron chi connectivity index (χ1n) is 20.3. The second-order valence-corrected chi connectivity index (χ2v) is 15.7. The van der Waals surface area contributed by atoms with Gasteiger partial charge in [-0.25, -0.2) is 0 Å². The minimum absolute atomic E-state index is 0.475. The number of hydrogen-bond donors (Lipinski definition) is 0. The molecule has 280 valence electrons. The Morgan fingerprint density at radius 1 is 0.441 bits per heavy atom. The Hall–Kier alpha value is -7.49. The third-order valence-electron chi connectivity index (χ3n) is 12.1. The zero-order chi connectivity index (χ0) is 39.5. The van der Waals surface area contributed by atoms with Crippen LogP contribution in [-0.4, -0.2) is 4.98 Å². The predicted octanol–water partition coefficient (Wildman–Crippen LogP) is 14.8. The van der Waals surface area contributed by atoms with E-state index in [0.29, 0.717) is 0 Å². The molecule has 0 bridgehead atoms. The van der Waals surface area contributed by atoms with Gasteiger partial charge in [-0.3, -0.25) is 4.98 Å². The molecular weight excluding hydrogens is 717 g/mol. The lowest BCUT2D eigenvalue weighted by molar-refractivity contribution is 0.670. The number of hydrogen-bond acceptors (Lipinski definition) is 3. The number of nitrogens with zero attached hydrogens (tertiary/aromatic N) is 2. The minimum Gasteiger partial charge on any atom is -0.455 e. The minimum atomic E-state index is -0.475. The second-order valence-electron chi connectivity index (χ2n) is 15.7. The first-order valence-corrected chi connectivity index (χ1v) is 20.3. The Bertz CT molecular complexity index is 3100. The molecule has 0 radical (unpaired) electrons. The molecular formula is C56H40N2O. The summed E-state index contributed by atoms with van der Waals surface area (Å²) in [4.78, 5) is 6.96. The van der Waals surface area contributed by atoms with E-state index < -0.39 is 5.41 Å². The number of pyridine rings is 1. The summed E-state index contributed by atoms with van der Waals surface area (Å²) < 4.78 is 6.44. The molecule has 0 saturated heterocycles. The van der Waals surface area contributed by atoms with Crippen molar-refractivity contribution in [1.29, 1.82) is 0 Å². The Morgan fingerprint density at radius 3 is 1.63 bits per heavy atom. The van der Waals surface area contributed by atoms with E-state index in [2.05, 4.69) is 200 Å². The third-order valence-corrected chi connectivity index (χ3v) is 12.1. The maximum absolute atomic E-state index is 6.44. The summed E-state index contributed by atoms with van der Waals surface area (Å²) in [6.45, 7) is 4.42.